The van der Waals surface area contributed by atoms with Crippen LogP contribution in [0.15, 0.2) is 96.1 Å². The number of hydrazone groups is 1. The molecule has 0 saturated carbocycles. The number of anilines is 1. The molecular formula is C22H19N3O. The summed E-state index contributed by atoms with van der Waals surface area (Å²) < 4.78 is 0. The molecule has 4 nitrogen and oxygen atoms in total. The molecule has 1 heterocycles. The van der Waals surface area contributed by atoms with Crippen LogP contribution in [0.4, 0.5) is 10.5 Å². The Kier molecular flexibility index (Phi) is 4.48. The van der Waals surface area contributed by atoms with Gasteiger partial charge in [0.25, 0.3) is 0 Å². The Bertz CT molecular complexity index is 908. The second-order valence-corrected chi connectivity index (χ2v) is 6.19. The van der Waals surface area contributed by atoms with Crippen molar-refractivity contribution < 1.29 is 4.79 Å². The van der Waals surface area contributed by atoms with Gasteiger partial charge in [-0.1, -0.05) is 78.9 Å². The minimum Gasteiger partial charge on any atom is -0.306 e. The molecule has 26 heavy (non-hydrogen) atoms. The topological polar surface area (TPSA) is 44.7 Å². The minimum absolute atomic E-state index is 0.0557. The number of nitrogens with one attached hydrogen (secondary N) is 1. The monoisotopic (exact) mass is 341 g/mol. The molecule has 0 spiro atoms. The van der Waals surface area contributed by atoms with E-state index in [0.717, 1.165) is 22.5 Å². The third-order valence-electron chi connectivity index (χ3n) is 4.45. The zero-order valence-electron chi connectivity index (χ0n) is 14.2. The van der Waals surface area contributed by atoms with Crippen molar-refractivity contribution in [1.82, 2.24) is 5.01 Å². The van der Waals surface area contributed by atoms with Gasteiger partial charge in [0.15, 0.2) is 0 Å². The lowest BCUT2D eigenvalue weighted by molar-refractivity contribution is 0.218. The van der Waals surface area contributed by atoms with E-state index in [9.17, 15) is 4.79 Å². The van der Waals surface area contributed by atoms with E-state index in [2.05, 4.69) is 22.6 Å². The van der Waals surface area contributed by atoms with Crippen molar-refractivity contribution in [1.29, 1.82) is 0 Å². The number of nitrogens with zero attached hydrogens (tertiary/aromatic N) is 2. The van der Waals surface area contributed by atoms with Gasteiger partial charge in [-0.25, -0.2) is 9.80 Å². The van der Waals surface area contributed by atoms with E-state index in [1.807, 2.05) is 78.9 Å². The smallest absolute Gasteiger partial charge is 0.306 e. The number of urea groups is 1. The molecule has 0 radical (unpaired) electrons. The van der Waals surface area contributed by atoms with Gasteiger partial charge in [-0.2, -0.15) is 5.10 Å². The van der Waals surface area contributed by atoms with Crippen molar-refractivity contribution in [2.45, 2.75) is 5.92 Å². The molecule has 1 N–H and O–H groups in total. The number of para-hydroxylation sites is 1. The third kappa shape index (κ3) is 3.35. The SMILES string of the molecule is O=C(Nc1ccccc1)N1CC(c2ccccc2)C(c2ccccc2)=N1. The van der Waals surface area contributed by atoms with Crippen LogP contribution in [0.5, 0.6) is 0 Å². The molecule has 0 aromatic heterocycles. The maximum atomic E-state index is 12.7. The highest BCUT2D eigenvalue weighted by atomic mass is 16.2. The molecule has 4 heteroatoms. The average Bonchev–Trinajstić information content (AvgIpc) is 3.16. The van der Waals surface area contributed by atoms with Crippen LogP contribution in [0.3, 0.4) is 0 Å². The fraction of sp³-hybridized carbons (Fsp3) is 0.0909. The minimum atomic E-state index is -0.219. The maximum Gasteiger partial charge on any atom is 0.342 e. The molecule has 1 unspecified atom stereocenters. The Morgan fingerprint density at radius 1 is 0.846 bits per heavy atom. The van der Waals surface area contributed by atoms with E-state index in [0.29, 0.717) is 6.54 Å². The van der Waals surface area contributed by atoms with Gasteiger partial charge < -0.3 is 5.32 Å². The summed E-state index contributed by atoms with van der Waals surface area (Å²) in [6, 6.07) is 29.5. The average molecular weight is 341 g/mol. The van der Waals surface area contributed by atoms with Crippen LogP contribution in [0.25, 0.3) is 0 Å². The summed E-state index contributed by atoms with van der Waals surface area (Å²) in [5, 5.41) is 9.08. The molecule has 2 amide bonds. The Morgan fingerprint density at radius 3 is 2.08 bits per heavy atom. The van der Waals surface area contributed by atoms with E-state index in [4.69, 9.17) is 0 Å². The lowest BCUT2D eigenvalue weighted by atomic mass is 9.91. The third-order valence-corrected chi connectivity index (χ3v) is 4.45. The molecule has 0 saturated heterocycles. The summed E-state index contributed by atoms with van der Waals surface area (Å²) in [4.78, 5) is 12.7. The maximum absolute atomic E-state index is 12.7. The standard InChI is InChI=1S/C22H19N3O/c26-22(23-19-14-8-3-9-15-19)25-16-20(17-10-4-1-5-11-17)21(24-25)18-12-6-2-7-13-18/h1-15,20H,16H2,(H,23,26). The number of hydrogen-bond acceptors (Lipinski definition) is 2. The van der Waals surface area contributed by atoms with Crippen LogP contribution >= 0.6 is 0 Å². The van der Waals surface area contributed by atoms with Crippen molar-refractivity contribution in [3.8, 4) is 0 Å². The predicted molar refractivity (Wildman–Crippen MR) is 104 cm³/mol. The van der Waals surface area contributed by atoms with Gasteiger partial charge in [-0.05, 0) is 23.3 Å². The van der Waals surface area contributed by atoms with Crippen molar-refractivity contribution in [2.24, 2.45) is 5.10 Å². The molecule has 1 aliphatic rings. The lowest BCUT2D eigenvalue weighted by Gasteiger charge is -2.16. The van der Waals surface area contributed by atoms with Gasteiger partial charge in [0.1, 0.15) is 0 Å². The van der Waals surface area contributed by atoms with Gasteiger partial charge in [0.2, 0.25) is 0 Å². The zero-order valence-corrected chi connectivity index (χ0v) is 14.2. The number of hydrogen-bond donors (Lipinski definition) is 1. The van der Waals surface area contributed by atoms with Crippen LogP contribution in [0.1, 0.15) is 17.0 Å². The first kappa shape index (κ1) is 16.1. The van der Waals surface area contributed by atoms with E-state index >= 15 is 0 Å². The first-order valence-corrected chi connectivity index (χ1v) is 8.64. The summed E-state index contributed by atoms with van der Waals surface area (Å²) in [7, 11) is 0. The molecular weight excluding hydrogens is 322 g/mol. The van der Waals surface area contributed by atoms with Crippen LogP contribution < -0.4 is 5.32 Å². The van der Waals surface area contributed by atoms with E-state index in [1.54, 1.807) is 0 Å². The van der Waals surface area contributed by atoms with Gasteiger partial charge in [0, 0.05) is 11.6 Å². The molecule has 3 aromatic carbocycles. The number of carbonyl (C=O) groups is 1. The highest BCUT2D eigenvalue weighted by Crippen LogP contribution is 2.29. The number of carbonyl (C=O) groups excluding carboxylic acids is 1. The summed E-state index contributed by atoms with van der Waals surface area (Å²) >= 11 is 0. The van der Waals surface area contributed by atoms with Gasteiger partial charge >= 0.3 is 6.03 Å². The molecule has 1 aliphatic heterocycles. The predicted octanol–water partition coefficient (Wildman–Crippen LogP) is 4.72. The Labute approximate surface area is 152 Å². The van der Waals surface area contributed by atoms with Crippen LogP contribution in [-0.4, -0.2) is 23.3 Å². The quantitative estimate of drug-likeness (QED) is 0.736. The van der Waals surface area contributed by atoms with Gasteiger partial charge in [-0.15, -0.1) is 0 Å². The van der Waals surface area contributed by atoms with Crippen LogP contribution in [0.2, 0.25) is 0 Å². The van der Waals surface area contributed by atoms with Crippen molar-refractivity contribution in [2.75, 3.05) is 11.9 Å². The van der Waals surface area contributed by atoms with Crippen LogP contribution in [0, 0.1) is 0 Å². The summed E-state index contributed by atoms with van der Waals surface area (Å²) in [6.45, 7) is 0.521. The zero-order chi connectivity index (χ0) is 17.8. The summed E-state index contributed by atoms with van der Waals surface area (Å²) in [5.74, 6) is 0.0557. The van der Waals surface area contributed by atoms with E-state index in [-0.39, 0.29) is 11.9 Å². The molecule has 3 aromatic rings. The molecule has 128 valence electrons. The highest BCUT2D eigenvalue weighted by Gasteiger charge is 2.32. The molecule has 1 atom stereocenters. The number of rotatable bonds is 3. The fourth-order valence-corrected chi connectivity index (χ4v) is 3.15. The van der Waals surface area contributed by atoms with Crippen molar-refractivity contribution >= 4 is 17.4 Å². The van der Waals surface area contributed by atoms with E-state index in [1.165, 1.54) is 5.01 Å². The van der Waals surface area contributed by atoms with Crippen LogP contribution in [-0.2, 0) is 0 Å². The van der Waals surface area contributed by atoms with E-state index < -0.39 is 0 Å². The largest absolute Gasteiger partial charge is 0.342 e. The van der Waals surface area contributed by atoms with Gasteiger partial charge in [0.05, 0.1) is 12.3 Å². The molecule has 0 fully saturated rings. The Balaban J connectivity index is 1.63. The summed E-state index contributed by atoms with van der Waals surface area (Å²) in [6.07, 6.45) is 0. The second kappa shape index (κ2) is 7.23. The van der Waals surface area contributed by atoms with Crippen molar-refractivity contribution in [3.05, 3.63) is 102 Å². The Morgan fingerprint density at radius 2 is 1.42 bits per heavy atom. The second-order valence-electron chi connectivity index (χ2n) is 6.19. The van der Waals surface area contributed by atoms with Gasteiger partial charge in [-0.3, -0.25) is 0 Å². The first-order chi connectivity index (χ1) is 12.8. The highest BCUT2D eigenvalue weighted by molar-refractivity contribution is 6.07. The Hall–Kier alpha value is -3.40. The van der Waals surface area contributed by atoms with Crippen molar-refractivity contribution in [3.63, 3.8) is 0 Å². The fourth-order valence-electron chi connectivity index (χ4n) is 3.15. The number of benzene rings is 3. The molecule has 4 rings (SSSR count). The first-order valence-electron chi connectivity index (χ1n) is 8.64. The number of amides is 2. The normalized spacial score (nSPS) is 16.2. The summed E-state index contributed by atoms with van der Waals surface area (Å²) in [5.41, 5.74) is 3.87. The lowest BCUT2D eigenvalue weighted by Crippen LogP contribution is -2.30. The molecule has 0 aliphatic carbocycles. The molecule has 0 bridgehead atoms.